The third-order valence-corrected chi connectivity index (χ3v) is 2.35. The predicted octanol–water partition coefficient (Wildman–Crippen LogP) is 2.70. The average molecular weight is 238 g/mol. The van der Waals surface area contributed by atoms with Gasteiger partial charge in [0.15, 0.2) is 0 Å². The van der Waals surface area contributed by atoms with Gasteiger partial charge in [-0.2, -0.15) is 4.79 Å². The van der Waals surface area contributed by atoms with E-state index in [0.29, 0.717) is 17.6 Å². The van der Waals surface area contributed by atoms with Crippen LogP contribution in [0.5, 0.6) is 11.5 Å². The molecule has 0 heterocycles. The topological polar surface area (TPSA) is 62.7 Å². The van der Waals surface area contributed by atoms with E-state index in [1.165, 1.54) is 0 Å². The first kappa shape index (κ1) is 11.8. The van der Waals surface area contributed by atoms with Crippen LogP contribution in [0.2, 0.25) is 0 Å². The van der Waals surface area contributed by atoms with Crippen molar-refractivity contribution in [3.63, 3.8) is 0 Å². The molecule has 4 nitrogen and oxygen atoms in total. The van der Waals surface area contributed by atoms with Crippen LogP contribution in [-0.4, -0.2) is 16.8 Å². The van der Waals surface area contributed by atoms with Crippen molar-refractivity contribution >= 4 is 12.0 Å². The molecule has 0 N–H and O–H groups in total. The summed E-state index contributed by atoms with van der Waals surface area (Å²) in [7, 11) is 0. The van der Waals surface area contributed by atoms with Crippen molar-refractivity contribution in [1.82, 2.24) is 0 Å². The van der Waals surface area contributed by atoms with Crippen LogP contribution < -0.4 is 4.74 Å². The molecule has 2 aromatic rings. The number of hydrogen-bond acceptors (Lipinski definition) is 2. The highest BCUT2D eigenvalue weighted by molar-refractivity contribution is 6.33. The Labute approximate surface area is 104 Å². The molecule has 0 aromatic heterocycles. The average Bonchev–Trinajstić information content (AvgIpc) is 2.43. The van der Waals surface area contributed by atoms with Gasteiger partial charge >= 0.3 is 5.71 Å². The molecule has 0 spiro atoms. The fraction of sp³-hybridized carbons (Fsp3) is 0. The molecule has 0 saturated carbocycles. The van der Waals surface area contributed by atoms with E-state index in [1.54, 1.807) is 24.3 Å². The number of aldehydes is 1. The minimum Gasteiger partial charge on any atom is -0.457 e. The second-order valence-electron chi connectivity index (χ2n) is 3.54. The van der Waals surface area contributed by atoms with Gasteiger partial charge in [-0.15, -0.1) is 0 Å². The quantitative estimate of drug-likeness (QED) is 0.356. The summed E-state index contributed by atoms with van der Waals surface area (Å²) in [5, 5.41) is 0. The van der Waals surface area contributed by atoms with Gasteiger partial charge in [0, 0.05) is 0 Å². The van der Waals surface area contributed by atoms with Crippen molar-refractivity contribution in [2.24, 2.45) is 0 Å². The summed E-state index contributed by atoms with van der Waals surface area (Å²) in [6, 6.07) is 16.1. The lowest BCUT2D eigenvalue weighted by Crippen LogP contribution is -2.02. The van der Waals surface area contributed by atoms with Gasteiger partial charge in [-0.3, -0.25) is 4.79 Å². The minimum atomic E-state index is -0.0127. The molecule has 0 radical (unpaired) electrons. The van der Waals surface area contributed by atoms with Gasteiger partial charge in [-0.1, -0.05) is 18.2 Å². The Morgan fingerprint density at radius 3 is 2.17 bits per heavy atom. The zero-order valence-corrected chi connectivity index (χ0v) is 9.48. The minimum absolute atomic E-state index is 0.0127. The molecule has 0 aliphatic heterocycles. The Balaban J connectivity index is 2.18. The van der Waals surface area contributed by atoms with Gasteiger partial charge in [0.1, 0.15) is 11.5 Å². The summed E-state index contributed by atoms with van der Waals surface area (Å²) in [6.07, 6.45) is 0.493. The second kappa shape index (κ2) is 5.57. The van der Waals surface area contributed by atoms with E-state index in [4.69, 9.17) is 10.3 Å². The Bertz CT molecular complexity index is 585. The number of carbonyl (C=O) groups is 1. The van der Waals surface area contributed by atoms with Crippen LogP contribution in [0.1, 0.15) is 5.56 Å². The Morgan fingerprint density at radius 2 is 1.61 bits per heavy atom. The Kier molecular flexibility index (Phi) is 3.64. The van der Waals surface area contributed by atoms with Crippen molar-refractivity contribution in [3.05, 3.63) is 65.7 Å². The van der Waals surface area contributed by atoms with Gasteiger partial charge in [0.2, 0.25) is 6.29 Å². The molecular weight excluding hydrogens is 228 g/mol. The van der Waals surface area contributed by atoms with E-state index < -0.39 is 0 Å². The summed E-state index contributed by atoms with van der Waals surface area (Å²) < 4.78 is 5.59. The van der Waals surface area contributed by atoms with E-state index in [0.717, 1.165) is 5.75 Å². The van der Waals surface area contributed by atoms with Crippen LogP contribution >= 0.6 is 0 Å². The molecule has 0 unspecified atom stereocenters. The standard InChI is InChI=1S/C14H10N2O2/c15-16-14(10-17)11-6-8-13(9-7-11)18-12-4-2-1-3-5-12/h1-10H. The third-order valence-electron chi connectivity index (χ3n) is 2.35. The summed E-state index contributed by atoms with van der Waals surface area (Å²) >= 11 is 0. The zero-order chi connectivity index (χ0) is 12.8. The molecule has 0 atom stereocenters. The largest absolute Gasteiger partial charge is 0.457 e. The molecule has 18 heavy (non-hydrogen) atoms. The van der Waals surface area contributed by atoms with Crippen LogP contribution in [-0.2, 0) is 4.79 Å². The van der Waals surface area contributed by atoms with E-state index in [-0.39, 0.29) is 5.71 Å². The van der Waals surface area contributed by atoms with Gasteiger partial charge in [-0.05, 0) is 36.4 Å². The second-order valence-corrected chi connectivity index (χ2v) is 3.54. The van der Waals surface area contributed by atoms with E-state index >= 15 is 0 Å². The first-order chi connectivity index (χ1) is 8.83. The van der Waals surface area contributed by atoms with Crippen molar-refractivity contribution < 1.29 is 14.3 Å². The van der Waals surface area contributed by atoms with Crippen molar-refractivity contribution in [2.75, 3.05) is 0 Å². The van der Waals surface area contributed by atoms with Crippen LogP contribution in [0.4, 0.5) is 0 Å². The number of rotatable bonds is 4. The molecule has 0 bridgehead atoms. The maximum atomic E-state index is 10.6. The lowest BCUT2D eigenvalue weighted by molar-refractivity contribution is -0.106. The van der Waals surface area contributed by atoms with Gasteiger partial charge in [0.05, 0.1) is 5.56 Å². The SMILES string of the molecule is [N-]=[N+]=C(C=O)c1ccc(Oc2ccccc2)cc1. The van der Waals surface area contributed by atoms with Gasteiger partial charge in [-0.25, -0.2) is 0 Å². The number of ether oxygens (including phenoxy) is 1. The van der Waals surface area contributed by atoms with Crippen LogP contribution in [0, 0.1) is 0 Å². The number of hydrogen-bond donors (Lipinski definition) is 0. The Hall–Kier alpha value is -2.71. The zero-order valence-electron chi connectivity index (χ0n) is 9.48. The first-order valence-electron chi connectivity index (χ1n) is 5.34. The lowest BCUT2D eigenvalue weighted by Gasteiger charge is -2.04. The van der Waals surface area contributed by atoms with E-state index in [2.05, 4.69) is 4.79 Å². The van der Waals surface area contributed by atoms with Crippen LogP contribution in [0.25, 0.3) is 5.53 Å². The number of nitrogens with zero attached hydrogens (tertiary/aromatic N) is 2. The van der Waals surface area contributed by atoms with Crippen LogP contribution in [0.15, 0.2) is 54.6 Å². The van der Waals surface area contributed by atoms with E-state index in [9.17, 15) is 4.79 Å². The predicted molar refractivity (Wildman–Crippen MR) is 66.8 cm³/mol. The van der Waals surface area contributed by atoms with Gasteiger partial charge < -0.3 is 10.3 Å². The number of para-hydroxylation sites is 1. The molecule has 0 aliphatic carbocycles. The fourth-order valence-electron chi connectivity index (χ4n) is 1.47. The summed E-state index contributed by atoms with van der Waals surface area (Å²) in [5.41, 5.74) is 9.13. The highest BCUT2D eigenvalue weighted by atomic mass is 16.5. The Morgan fingerprint density at radius 1 is 1.00 bits per heavy atom. The third kappa shape index (κ3) is 2.70. The monoisotopic (exact) mass is 238 g/mol. The summed E-state index contributed by atoms with van der Waals surface area (Å²) in [4.78, 5) is 13.5. The number of benzene rings is 2. The maximum Gasteiger partial charge on any atom is 0.361 e. The highest BCUT2D eigenvalue weighted by Crippen LogP contribution is 2.20. The lowest BCUT2D eigenvalue weighted by atomic mass is 10.1. The van der Waals surface area contributed by atoms with Crippen molar-refractivity contribution in [3.8, 4) is 11.5 Å². The molecule has 2 rings (SSSR count). The molecule has 4 heteroatoms. The fourth-order valence-corrected chi connectivity index (χ4v) is 1.47. The van der Waals surface area contributed by atoms with E-state index in [1.807, 2.05) is 30.3 Å². The molecular formula is C14H10N2O2. The summed E-state index contributed by atoms with van der Waals surface area (Å²) in [6.45, 7) is 0. The molecule has 0 amide bonds. The van der Waals surface area contributed by atoms with Crippen molar-refractivity contribution in [1.29, 1.82) is 0 Å². The summed E-state index contributed by atoms with van der Waals surface area (Å²) in [5.74, 6) is 1.38. The number of carbonyl (C=O) groups excluding carboxylic acids is 1. The smallest absolute Gasteiger partial charge is 0.361 e. The molecule has 0 saturated heterocycles. The van der Waals surface area contributed by atoms with Gasteiger partial charge in [0.25, 0.3) is 0 Å². The molecule has 0 fully saturated rings. The molecule has 0 aliphatic rings. The van der Waals surface area contributed by atoms with Crippen molar-refractivity contribution in [2.45, 2.75) is 0 Å². The maximum absolute atomic E-state index is 10.6. The molecule has 88 valence electrons. The highest BCUT2D eigenvalue weighted by Gasteiger charge is 2.09. The molecule has 2 aromatic carbocycles. The first-order valence-corrected chi connectivity index (χ1v) is 5.34. The normalized spacial score (nSPS) is 9.33. The van der Waals surface area contributed by atoms with Crippen LogP contribution in [0.3, 0.4) is 0 Å².